The molecular formula is C4H4KNO2. The predicted octanol–water partition coefficient (Wildman–Crippen LogP) is -3.96. The number of carboxylic acids is 1. The van der Waals surface area contributed by atoms with E-state index in [1.807, 2.05) is 0 Å². The van der Waals surface area contributed by atoms with E-state index in [1.54, 1.807) is 6.07 Å². The molecule has 0 aliphatic rings. The van der Waals surface area contributed by atoms with Gasteiger partial charge in [0, 0.05) is 12.4 Å². The Morgan fingerprint density at radius 3 is 2.38 bits per heavy atom. The largest absolute Gasteiger partial charge is 1.00 e. The summed E-state index contributed by atoms with van der Waals surface area (Å²) in [4.78, 5) is 9.50. The molecule has 38 valence electrons. The molecule has 0 saturated heterocycles. The van der Waals surface area contributed by atoms with Crippen LogP contribution < -0.4 is 56.5 Å². The van der Waals surface area contributed by atoms with Crippen molar-refractivity contribution in [2.75, 3.05) is 0 Å². The van der Waals surface area contributed by atoms with Crippen LogP contribution in [0.1, 0.15) is 12.8 Å². The van der Waals surface area contributed by atoms with Crippen molar-refractivity contribution >= 4 is 5.97 Å². The summed E-state index contributed by atoms with van der Waals surface area (Å²) < 4.78 is 0. The van der Waals surface area contributed by atoms with E-state index in [4.69, 9.17) is 5.26 Å². The summed E-state index contributed by atoms with van der Waals surface area (Å²) in [6, 6.07) is 1.68. The normalized spacial score (nSPS) is 6.38. The van der Waals surface area contributed by atoms with E-state index in [9.17, 15) is 9.90 Å². The number of carboxylic acid groups (broad SMARTS) is 1. The first kappa shape index (κ1) is 11.4. The van der Waals surface area contributed by atoms with Crippen molar-refractivity contribution in [3.05, 3.63) is 0 Å². The Balaban J connectivity index is 0. The molecule has 0 amide bonds. The number of nitrogens with zero attached hydrogens (tertiary/aromatic N) is 1. The van der Waals surface area contributed by atoms with E-state index in [2.05, 4.69) is 0 Å². The average Bonchev–Trinajstić information content (AvgIpc) is 1.61. The van der Waals surface area contributed by atoms with Gasteiger partial charge < -0.3 is 9.90 Å². The molecule has 8 heavy (non-hydrogen) atoms. The fourth-order valence-electron chi connectivity index (χ4n) is 0.158. The van der Waals surface area contributed by atoms with Crippen LogP contribution in [0.15, 0.2) is 0 Å². The molecule has 4 heteroatoms. The van der Waals surface area contributed by atoms with Crippen molar-refractivity contribution < 1.29 is 61.3 Å². The molecule has 0 saturated carbocycles. The summed E-state index contributed by atoms with van der Waals surface area (Å²) in [6.07, 6.45) is -0.112. The maximum atomic E-state index is 9.50. The predicted molar refractivity (Wildman–Crippen MR) is 19.9 cm³/mol. The summed E-state index contributed by atoms with van der Waals surface area (Å²) in [6.45, 7) is 0. The molecule has 0 aromatic heterocycles. The summed E-state index contributed by atoms with van der Waals surface area (Å²) in [7, 11) is 0. The first-order chi connectivity index (χ1) is 3.27. The Morgan fingerprint density at radius 1 is 1.75 bits per heavy atom. The second kappa shape index (κ2) is 7.60. The number of nitriles is 1. The quantitative estimate of drug-likeness (QED) is 0.365. The van der Waals surface area contributed by atoms with Crippen molar-refractivity contribution in [3.8, 4) is 6.07 Å². The number of carbonyl (C=O) groups excluding carboxylic acids is 1. The van der Waals surface area contributed by atoms with Gasteiger partial charge in [-0.1, -0.05) is 0 Å². The van der Waals surface area contributed by atoms with Gasteiger partial charge in [-0.3, -0.25) is 0 Å². The van der Waals surface area contributed by atoms with Gasteiger partial charge in [-0.2, -0.15) is 5.26 Å². The topological polar surface area (TPSA) is 63.9 Å². The molecule has 0 radical (unpaired) electrons. The van der Waals surface area contributed by atoms with E-state index in [-0.39, 0.29) is 64.2 Å². The molecule has 0 spiro atoms. The van der Waals surface area contributed by atoms with E-state index >= 15 is 0 Å². The van der Waals surface area contributed by atoms with Gasteiger partial charge in [-0.05, 0) is 6.42 Å². The van der Waals surface area contributed by atoms with E-state index in [0.29, 0.717) is 0 Å². The van der Waals surface area contributed by atoms with Crippen LogP contribution in [0, 0.1) is 11.3 Å². The summed E-state index contributed by atoms with van der Waals surface area (Å²) in [5, 5.41) is 17.3. The summed E-state index contributed by atoms with van der Waals surface area (Å²) in [5.41, 5.74) is 0. The van der Waals surface area contributed by atoms with E-state index in [1.165, 1.54) is 0 Å². The fraction of sp³-hybridized carbons (Fsp3) is 0.500. The number of aliphatic carboxylic acids is 1. The van der Waals surface area contributed by atoms with Crippen LogP contribution in [-0.2, 0) is 4.79 Å². The minimum absolute atomic E-state index is 0. The van der Waals surface area contributed by atoms with Crippen molar-refractivity contribution in [2.45, 2.75) is 12.8 Å². The third-order valence-corrected chi connectivity index (χ3v) is 0.441. The van der Waals surface area contributed by atoms with Crippen LogP contribution in [0.5, 0.6) is 0 Å². The Labute approximate surface area is 90.1 Å². The summed E-state index contributed by atoms with van der Waals surface area (Å²) in [5.74, 6) is -1.17. The van der Waals surface area contributed by atoms with Gasteiger partial charge in [0.05, 0.1) is 6.07 Å². The molecule has 0 aromatic carbocycles. The van der Waals surface area contributed by atoms with Crippen LogP contribution >= 0.6 is 0 Å². The second-order valence-corrected chi connectivity index (χ2v) is 1.03. The SMILES string of the molecule is N#CCCC(=O)[O-].[K+]. The molecule has 0 atom stereocenters. The first-order valence-electron chi connectivity index (χ1n) is 1.84. The van der Waals surface area contributed by atoms with Crippen LogP contribution in [-0.4, -0.2) is 5.97 Å². The smallest absolute Gasteiger partial charge is 0.550 e. The molecule has 0 unspecified atom stereocenters. The molecule has 0 bridgehead atoms. The molecule has 0 fully saturated rings. The van der Waals surface area contributed by atoms with Crippen molar-refractivity contribution in [1.29, 1.82) is 5.26 Å². The van der Waals surface area contributed by atoms with Gasteiger partial charge in [0.25, 0.3) is 0 Å². The van der Waals surface area contributed by atoms with E-state index in [0.717, 1.165) is 0 Å². The van der Waals surface area contributed by atoms with Gasteiger partial charge in [-0.25, -0.2) is 0 Å². The number of hydrogen-bond donors (Lipinski definition) is 0. The zero-order chi connectivity index (χ0) is 5.70. The monoisotopic (exact) mass is 137 g/mol. The van der Waals surface area contributed by atoms with Crippen molar-refractivity contribution in [2.24, 2.45) is 0 Å². The summed E-state index contributed by atoms with van der Waals surface area (Å²) >= 11 is 0. The third kappa shape index (κ3) is 9.78. The fourth-order valence-corrected chi connectivity index (χ4v) is 0.158. The Morgan fingerprint density at radius 2 is 2.25 bits per heavy atom. The van der Waals surface area contributed by atoms with Gasteiger partial charge >= 0.3 is 51.4 Å². The zero-order valence-electron chi connectivity index (χ0n) is 4.68. The second-order valence-electron chi connectivity index (χ2n) is 1.03. The maximum absolute atomic E-state index is 9.50. The number of carbonyl (C=O) groups is 1. The Hall–Kier alpha value is 0.596. The third-order valence-electron chi connectivity index (χ3n) is 0.441. The van der Waals surface area contributed by atoms with Gasteiger partial charge in [0.2, 0.25) is 0 Å². The number of hydrogen-bond acceptors (Lipinski definition) is 3. The van der Waals surface area contributed by atoms with E-state index < -0.39 is 5.97 Å². The van der Waals surface area contributed by atoms with Crippen LogP contribution in [0.2, 0.25) is 0 Å². The first-order valence-corrected chi connectivity index (χ1v) is 1.84. The molecular weight excluding hydrogens is 133 g/mol. The van der Waals surface area contributed by atoms with Crippen molar-refractivity contribution in [3.63, 3.8) is 0 Å². The Bertz CT molecular complexity index is 107. The van der Waals surface area contributed by atoms with Crippen LogP contribution in [0.3, 0.4) is 0 Å². The van der Waals surface area contributed by atoms with Gasteiger partial charge in [-0.15, -0.1) is 0 Å². The molecule has 0 aliphatic heterocycles. The van der Waals surface area contributed by atoms with Gasteiger partial charge in [0.1, 0.15) is 0 Å². The molecule has 0 heterocycles. The molecule has 0 aromatic rings. The zero-order valence-corrected chi connectivity index (χ0v) is 7.80. The minimum Gasteiger partial charge on any atom is -0.550 e. The molecule has 3 nitrogen and oxygen atoms in total. The van der Waals surface area contributed by atoms with Crippen LogP contribution in [0.25, 0.3) is 0 Å². The van der Waals surface area contributed by atoms with Crippen molar-refractivity contribution in [1.82, 2.24) is 0 Å². The standard InChI is InChI=1S/C4H5NO2.K/c5-3-1-2-4(6)7;/h1-2H2,(H,6,7);/q;+1/p-1. The minimum atomic E-state index is -1.17. The van der Waals surface area contributed by atoms with Crippen LogP contribution in [0.4, 0.5) is 0 Å². The molecule has 0 rings (SSSR count). The maximum Gasteiger partial charge on any atom is 1.00 e. The number of rotatable bonds is 2. The Kier molecular flexibility index (Phi) is 10.8. The molecule has 0 N–H and O–H groups in total. The van der Waals surface area contributed by atoms with Gasteiger partial charge in [0.15, 0.2) is 0 Å². The average molecular weight is 137 g/mol. The molecule has 0 aliphatic carbocycles.